The summed E-state index contributed by atoms with van der Waals surface area (Å²) in [4.78, 5) is 29.0. The molecule has 0 saturated carbocycles. The number of aromatic nitrogens is 3. The van der Waals surface area contributed by atoms with Gasteiger partial charge in [0.2, 0.25) is 5.91 Å². The van der Waals surface area contributed by atoms with Crippen LogP contribution in [0.5, 0.6) is 0 Å². The summed E-state index contributed by atoms with van der Waals surface area (Å²) in [7, 11) is 1.37. The van der Waals surface area contributed by atoms with Crippen LogP contribution in [0.25, 0.3) is 0 Å². The maximum atomic E-state index is 12.0. The number of methoxy groups -OCH3 is 1. The van der Waals surface area contributed by atoms with Crippen molar-refractivity contribution in [2.45, 2.75) is 13.5 Å². The van der Waals surface area contributed by atoms with Gasteiger partial charge in [-0.3, -0.25) is 9.59 Å². The quantitative estimate of drug-likeness (QED) is 0.681. The summed E-state index contributed by atoms with van der Waals surface area (Å²) in [5.41, 5.74) is 0. The Morgan fingerprint density at radius 3 is 2.83 bits per heavy atom. The van der Waals surface area contributed by atoms with Gasteiger partial charge in [-0.05, 0) is 5.92 Å². The third-order valence-electron chi connectivity index (χ3n) is 3.23. The Hall–Kier alpha value is -1.92. The first kappa shape index (κ1) is 12.5. The SMILES string of the molecule is COC(=O)C1CN(C(=O)Cn2cncn2)CC1C. The van der Waals surface area contributed by atoms with Gasteiger partial charge in [0, 0.05) is 13.1 Å². The van der Waals surface area contributed by atoms with Crippen LogP contribution < -0.4 is 0 Å². The molecule has 2 rings (SSSR count). The largest absolute Gasteiger partial charge is 0.469 e. The zero-order chi connectivity index (χ0) is 13.1. The maximum Gasteiger partial charge on any atom is 0.310 e. The molecule has 1 aliphatic heterocycles. The van der Waals surface area contributed by atoms with Crippen molar-refractivity contribution in [3.8, 4) is 0 Å². The Kier molecular flexibility index (Phi) is 3.59. The number of esters is 1. The summed E-state index contributed by atoms with van der Waals surface area (Å²) < 4.78 is 6.20. The average Bonchev–Trinajstić information content (AvgIpc) is 2.97. The monoisotopic (exact) mass is 252 g/mol. The van der Waals surface area contributed by atoms with Crippen molar-refractivity contribution in [3.63, 3.8) is 0 Å². The molecule has 7 heteroatoms. The first-order chi connectivity index (χ1) is 8.61. The Morgan fingerprint density at radius 2 is 2.22 bits per heavy atom. The fourth-order valence-corrected chi connectivity index (χ4v) is 2.18. The number of hydrogen-bond donors (Lipinski definition) is 0. The zero-order valence-corrected chi connectivity index (χ0v) is 10.4. The second-order valence-electron chi connectivity index (χ2n) is 4.50. The lowest BCUT2D eigenvalue weighted by Crippen LogP contribution is -2.33. The lowest BCUT2D eigenvalue weighted by atomic mass is 9.99. The van der Waals surface area contributed by atoms with Crippen LogP contribution in [0.4, 0.5) is 0 Å². The molecule has 1 amide bonds. The molecule has 18 heavy (non-hydrogen) atoms. The van der Waals surface area contributed by atoms with Gasteiger partial charge in [0.05, 0.1) is 13.0 Å². The zero-order valence-electron chi connectivity index (χ0n) is 10.4. The molecule has 2 atom stereocenters. The van der Waals surface area contributed by atoms with E-state index in [9.17, 15) is 9.59 Å². The number of ether oxygens (including phenoxy) is 1. The molecule has 1 aromatic heterocycles. The van der Waals surface area contributed by atoms with Gasteiger partial charge in [0.25, 0.3) is 0 Å². The van der Waals surface area contributed by atoms with Crippen molar-refractivity contribution in [3.05, 3.63) is 12.7 Å². The van der Waals surface area contributed by atoms with E-state index in [-0.39, 0.29) is 30.3 Å². The van der Waals surface area contributed by atoms with Gasteiger partial charge in [-0.15, -0.1) is 0 Å². The molecule has 0 radical (unpaired) electrons. The molecule has 1 aliphatic rings. The van der Waals surface area contributed by atoms with Crippen LogP contribution in [-0.2, 0) is 20.9 Å². The van der Waals surface area contributed by atoms with E-state index in [0.29, 0.717) is 13.1 Å². The molecular weight excluding hydrogens is 236 g/mol. The van der Waals surface area contributed by atoms with Crippen LogP contribution in [0.3, 0.4) is 0 Å². The van der Waals surface area contributed by atoms with Crippen molar-refractivity contribution < 1.29 is 14.3 Å². The van der Waals surface area contributed by atoms with Crippen molar-refractivity contribution in [1.82, 2.24) is 19.7 Å². The third kappa shape index (κ3) is 2.49. The van der Waals surface area contributed by atoms with Gasteiger partial charge in [0.15, 0.2) is 0 Å². The second kappa shape index (κ2) is 5.16. The normalized spacial score (nSPS) is 23.1. The van der Waals surface area contributed by atoms with E-state index in [1.165, 1.54) is 24.4 Å². The molecule has 2 unspecified atom stereocenters. The molecule has 2 heterocycles. The minimum atomic E-state index is -0.251. The van der Waals surface area contributed by atoms with Crippen molar-refractivity contribution in [2.24, 2.45) is 11.8 Å². The predicted octanol–water partition coefficient (Wildman–Crippen LogP) is -0.454. The van der Waals surface area contributed by atoms with E-state index in [1.807, 2.05) is 6.92 Å². The first-order valence-corrected chi connectivity index (χ1v) is 5.80. The molecule has 1 fully saturated rings. The number of amides is 1. The number of rotatable bonds is 3. The fraction of sp³-hybridized carbons (Fsp3) is 0.636. The summed E-state index contributed by atoms with van der Waals surface area (Å²) in [6, 6.07) is 0. The molecule has 0 aliphatic carbocycles. The number of carbonyl (C=O) groups is 2. The summed E-state index contributed by atoms with van der Waals surface area (Å²) >= 11 is 0. The van der Waals surface area contributed by atoms with Gasteiger partial charge in [-0.25, -0.2) is 9.67 Å². The van der Waals surface area contributed by atoms with Crippen LogP contribution >= 0.6 is 0 Å². The third-order valence-corrected chi connectivity index (χ3v) is 3.23. The molecule has 1 saturated heterocycles. The Labute approximate surface area is 105 Å². The molecule has 0 spiro atoms. The molecule has 98 valence electrons. The highest BCUT2D eigenvalue weighted by molar-refractivity contribution is 5.79. The van der Waals surface area contributed by atoms with Crippen LogP contribution in [0, 0.1) is 11.8 Å². The molecule has 0 aromatic carbocycles. The van der Waals surface area contributed by atoms with Gasteiger partial charge in [-0.2, -0.15) is 5.10 Å². The summed E-state index contributed by atoms with van der Waals surface area (Å²) in [5, 5.41) is 3.88. The lowest BCUT2D eigenvalue weighted by Gasteiger charge is -2.15. The van der Waals surface area contributed by atoms with Gasteiger partial charge in [0.1, 0.15) is 19.2 Å². The van der Waals surface area contributed by atoms with Gasteiger partial charge < -0.3 is 9.64 Å². The van der Waals surface area contributed by atoms with E-state index >= 15 is 0 Å². The number of carbonyl (C=O) groups excluding carboxylic acids is 2. The standard InChI is InChI=1S/C11H16N4O3/c1-8-3-14(4-9(8)11(17)18-2)10(16)5-15-7-12-6-13-15/h6-9H,3-5H2,1-2H3. The lowest BCUT2D eigenvalue weighted by molar-refractivity contribution is -0.146. The number of hydrogen-bond acceptors (Lipinski definition) is 5. The minimum Gasteiger partial charge on any atom is -0.469 e. The van der Waals surface area contributed by atoms with Crippen molar-refractivity contribution in [2.75, 3.05) is 20.2 Å². The highest BCUT2D eigenvalue weighted by Crippen LogP contribution is 2.24. The highest BCUT2D eigenvalue weighted by atomic mass is 16.5. The average molecular weight is 252 g/mol. The van der Waals surface area contributed by atoms with Gasteiger partial charge >= 0.3 is 5.97 Å². The van der Waals surface area contributed by atoms with Crippen LogP contribution in [-0.4, -0.2) is 51.7 Å². The Balaban J connectivity index is 1.95. The van der Waals surface area contributed by atoms with Crippen LogP contribution in [0.2, 0.25) is 0 Å². The van der Waals surface area contributed by atoms with E-state index in [1.54, 1.807) is 4.90 Å². The Morgan fingerprint density at radius 1 is 1.44 bits per heavy atom. The molecule has 1 aromatic rings. The molecule has 7 nitrogen and oxygen atoms in total. The van der Waals surface area contributed by atoms with Crippen molar-refractivity contribution >= 4 is 11.9 Å². The Bertz CT molecular complexity index is 432. The van der Waals surface area contributed by atoms with E-state index in [2.05, 4.69) is 10.1 Å². The smallest absolute Gasteiger partial charge is 0.310 e. The predicted molar refractivity (Wildman–Crippen MR) is 61.3 cm³/mol. The summed E-state index contributed by atoms with van der Waals surface area (Å²) in [5.74, 6) is -0.413. The van der Waals surface area contributed by atoms with E-state index in [4.69, 9.17) is 4.74 Å². The van der Waals surface area contributed by atoms with Crippen LogP contribution in [0.15, 0.2) is 12.7 Å². The minimum absolute atomic E-state index is 0.0567. The topological polar surface area (TPSA) is 77.3 Å². The second-order valence-corrected chi connectivity index (χ2v) is 4.50. The van der Waals surface area contributed by atoms with E-state index in [0.717, 1.165) is 0 Å². The molecule has 0 bridgehead atoms. The number of nitrogens with zero attached hydrogens (tertiary/aromatic N) is 4. The van der Waals surface area contributed by atoms with Crippen molar-refractivity contribution in [1.29, 1.82) is 0 Å². The van der Waals surface area contributed by atoms with Gasteiger partial charge in [-0.1, -0.05) is 6.92 Å². The fourth-order valence-electron chi connectivity index (χ4n) is 2.18. The number of likely N-dealkylation sites (tertiary alicyclic amines) is 1. The van der Waals surface area contributed by atoms with E-state index < -0.39 is 0 Å². The van der Waals surface area contributed by atoms with Crippen LogP contribution in [0.1, 0.15) is 6.92 Å². The molecular formula is C11H16N4O3. The summed E-state index contributed by atoms with van der Waals surface area (Å²) in [6.45, 7) is 3.10. The first-order valence-electron chi connectivity index (χ1n) is 5.80. The molecule has 0 N–H and O–H groups in total. The highest BCUT2D eigenvalue weighted by Gasteiger charge is 2.37. The maximum absolute atomic E-state index is 12.0. The summed E-state index contributed by atoms with van der Waals surface area (Å²) in [6.07, 6.45) is 2.88.